The van der Waals surface area contributed by atoms with Crippen LogP contribution in [0.2, 0.25) is 0 Å². The molecule has 2 aromatic rings. The summed E-state index contributed by atoms with van der Waals surface area (Å²) in [5.74, 6) is 0. The maximum absolute atomic E-state index is 5.56. The Hall–Kier alpha value is -1.61. The number of nitrogens with two attached hydrogens (primary N) is 1. The molecule has 1 heterocycles. The Morgan fingerprint density at radius 1 is 1.24 bits per heavy atom. The largest absolute Gasteiger partial charge is 0.378 e. The van der Waals surface area contributed by atoms with E-state index in [4.69, 9.17) is 5.73 Å². The Labute approximate surface area is 102 Å². The van der Waals surface area contributed by atoms with Gasteiger partial charge in [0.05, 0.1) is 0 Å². The number of aromatic nitrogens is 1. The van der Waals surface area contributed by atoms with Gasteiger partial charge in [0.25, 0.3) is 0 Å². The highest BCUT2D eigenvalue weighted by Gasteiger charge is 2.04. The molecule has 2 rings (SSSR count). The summed E-state index contributed by atoms with van der Waals surface area (Å²) in [5, 5.41) is 2.49. The van der Waals surface area contributed by atoms with E-state index in [1.54, 1.807) is 0 Å². The number of aryl methyl sites for hydroxylation is 1. The number of pyridine rings is 1. The summed E-state index contributed by atoms with van der Waals surface area (Å²) in [6.45, 7) is 0.714. The third-order valence-corrected chi connectivity index (χ3v) is 2.97. The van der Waals surface area contributed by atoms with Gasteiger partial charge in [0.15, 0.2) is 0 Å². The molecular formula is C14H19N3. The van der Waals surface area contributed by atoms with Gasteiger partial charge in [-0.1, -0.05) is 6.07 Å². The third kappa shape index (κ3) is 2.56. The summed E-state index contributed by atoms with van der Waals surface area (Å²) in [6.07, 6.45) is 3.81. The SMILES string of the molecule is CN(C)c1ccc2ccnc(CCCN)c2c1. The molecule has 2 N–H and O–H groups in total. The van der Waals surface area contributed by atoms with Gasteiger partial charge >= 0.3 is 0 Å². The predicted molar refractivity (Wildman–Crippen MR) is 73.4 cm³/mol. The minimum atomic E-state index is 0.714. The number of fused-ring (bicyclic) bond motifs is 1. The van der Waals surface area contributed by atoms with Crippen molar-refractivity contribution in [3.63, 3.8) is 0 Å². The number of hydrogen-bond acceptors (Lipinski definition) is 3. The van der Waals surface area contributed by atoms with Crippen molar-refractivity contribution in [1.82, 2.24) is 4.98 Å². The van der Waals surface area contributed by atoms with E-state index >= 15 is 0 Å². The lowest BCUT2D eigenvalue weighted by Gasteiger charge is -2.14. The Kier molecular flexibility index (Phi) is 3.59. The van der Waals surface area contributed by atoms with E-state index < -0.39 is 0 Å². The molecule has 3 nitrogen and oxygen atoms in total. The molecule has 0 bridgehead atoms. The number of hydrogen-bond donors (Lipinski definition) is 1. The molecule has 3 heteroatoms. The minimum absolute atomic E-state index is 0.714. The highest BCUT2D eigenvalue weighted by atomic mass is 15.1. The second kappa shape index (κ2) is 5.15. The van der Waals surface area contributed by atoms with E-state index in [1.807, 2.05) is 6.20 Å². The molecule has 90 valence electrons. The van der Waals surface area contributed by atoms with Crippen molar-refractivity contribution in [2.75, 3.05) is 25.5 Å². The van der Waals surface area contributed by atoms with E-state index in [-0.39, 0.29) is 0 Å². The van der Waals surface area contributed by atoms with Gasteiger partial charge in [0.1, 0.15) is 0 Å². The zero-order valence-corrected chi connectivity index (χ0v) is 10.5. The van der Waals surface area contributed by atoms with Gasteiger partial charge in [-0.25, -0.2) is 0 Å². The third-order valence-electron chi connectivity index (χ3n) is 2.97. The van der Waals surface area contributed by atoms with Crippen LogP contribution >= 0.6 is 0 Å². The molecule has 0 unspecified atom stereocenters. The molecular weight excluding hydrogens is 210 g/mol. The molecule has 0 amide bonds. The second-order valence-corrected chi connectivity index (χ2v) is 4.45. The van der Waals surface area contributed by atoms with E-state index in [0.717, 1.165) is 18.5 Å². The fourth-order valence-electron chi connectivity index (χ4n) is 1.96. The van der Waals surface area contributed by atoms with Crippen LogP contribution in [0.4, 0.5) is 5.69 Å². The Bertz CT molecular complexity index is 506. The monoisotopic (exact) mass is 229 g/mol. The van der Waals surface area contributed by atoms with Crippen LogP contribution in [0.1, 0.15) is 12.1 Å². The lowest BCUT2D eigenvalue weighted by atomic mass is 10.1. The van der Waals surface area contributed by atoms with Crippen LogP contribution in [-0.4, -0.2) is 25.6 Å². The predicted octanol–water partition coefficient (Wildman–Crippen LogP) is 2.19. The van der Waals surface area contributed by atoms with E-state index in [2.05, 4.69) is 48.2 Å². The van der Waals surface area contributed by atoms with Crippen molar-refractivity contribution in [2.24, 2.45) is 5.73 Å². The van der Waals surface area contributed by atoms with Gasteiger partial charge in [0.2, 0.25) is 0 Å². The number of rotatable bonds is 4. The van der Waals surface area contributed by atoms with Crippen molar-refractivity contribution in [3.05, 3.63) is 36.2 Å². The smallest absolute Gasteiger partial charge is 0.0483 e. The van der Waals surface area contributed by atoms with Crippen LogP contribution in [0.15, 0.2) is 30.5 Å². The van der Waals surface area contributed by atoms with Gasteiger partial charge in [-0.15, -0.1) is 0 Å². The summed E-state index contributed by atoms with van der Waals surface area (Å²) in [4.78, 5) is 6.58. The van der Waals surface area contributed by atoms with Crippen LogP contribution in [0.5, 0.6) is 0 Å². The molecule has 0 spiro atoms. The molecule has 0 aliphatic carbocycles. The van der Waals surface area contributed by atoms with Crippen LogP contribution in [0.3, 0.4) is 0 Å². The zero-order chi connectivity index (χ0) is 12.3. The van der Waals surface area contributed by atoms with E-state index in [9.17, 15) is 0 Å². The van der Waals surface area contributed by atoms with E-state index in [1.165, 1.54) is 16.5 Å². The van der Waals surface area contributed by atoms with Gasteiger partial charge < -0.3 is 10.6 Å². The first kappa shape index (κ1) is 11.9. The molecule has 0 radical (unpaired) electrons. The fraction of sp³-hybridized carbons (Fsp3) is 0.357. The van der Waals surface area contributed by atoms with Gasteiger partial charge in [-0.3, -0.25) is 4.98 Å². The van der Waals surface area contributed by atoms with Crippen LogP contribution in [-0.2, 0) is 6.42 Å². The van der Waals surface area contributed by atoms with Crippen molar-refractivity contribution in [2.45, 2.75) is 12.8 Å². The van der Waals surface area contributed by atoms with Crippen LogP contribution in [0, 0.1) is 0 Å². The quantitative estimate of drug-likeness (QED) is 0.874. The molecule has 1 aromatic carbocycles. The average molecular weight is 229 g/mol. The molecule has 0 saturated heterocycles. The Morgan fingerprint density at radius 2 is 2.06 bits per heavy atom. The van der Waals surface area contributed by atoms with Crippen LogP contribution in [0.25, 0.3) is 10.8 Å². The maximum atomic E-state index is 5.56. The Balaban J connectivity index is 2.48. The number of benzene rings is 1. The summed E-state index contributed by atoms with van der Waals surface area (Å²) in [5.41, 5.74) is 7.92. The van der Waals surface area contributed by atoms with Crippen molar-refractivity contribution < 1.29 is 0 Å². The van der Waals surface area contributed by atoms with Crippen molar-refractivity contribution in [3.8, 4) is 0 Å². The minimum Gasteiger partial charge on any atom is -0.378 e. The second-order valence-electron chi connectivity index (χ2n) is 4.45. The molecule has 0 atom stereocenters. The van der Waals surface area contributed by atoms with Crippen molar-refractivity contribution >= 4 is 16.5 Å². The maximum Gasteiger partial charge on any atom is 0.0483 e. The average Bonchev–Trinajstić information content (AvgIpc) is 2.35. The summed E-state index contributed by atoms with van der Waals surface area (Å²) < 4.78 is 0. The first-order chi connectivity index (χ1) is 8.22. The van der Waals surface area contributed by atoms with Gasteiger partial charge in [0, 0.05) is 37.1 Å². The number of nitrogens with zero attached hydrogens (tertiary/aromatic N) is 2. The molecule has 0 saturated carbocycles. The lowest BCUT2D eigenvalue weighted by molar-refractivity contribution is 0.817. The molecule has 17 heavy (non-hydrogen) atoms. The summed E-state index contributed by atoms with van der Waals surface area (Å²) >= 11 is 0. The van der Waals surface area contributed by atoms with Gasteiger partial charge in [-0.2, -0.15) is 0 Å². The highest BCUT2D eigenvalue weighted by molar-refractivity contribution is 5.87. The summed E-state index contributed by atoms with van der Waals surface area (Å²) in [6, 6.07) is 8.54. The topological polar surface area (TPSA) is 42.2 Å². The standard InChI is InChI=1S/C14H19N3/c1-17(2)12-6-5-11-7-9-16-14(4-3-8-15)13(11)10-12/h5-7,9-10H,3-4,8,15H2,1-2H3. The number of anilines is 1. The molecule has 1 aromatic heterocycles. The molecule has 0 fully saturated rings. The van der Waals surface area contributed by atoms with Gasteiger partial charge in [-0.05, 0) is 43.0 Å². The normalized spacial score (nSPS) is 10.8. The van der Waals surface area contributed by atoms with E-state index in [0.29, 0.717) is 6.54 Å². The summed E-state index contributed by atoms with van der Waals surface area (Å²) in [7, 11) is 4.11. The zero-order valence-electron chi connectivity index (χ0n) is 10.5. The molecule has 0 aliphatic heterocycles. The first-order valence-electron chi connectivity index (χ1n) is 5.97. The first-order valence-corrected chi connectivity index (χ1v) is 5.97. The Morgan fingerprint density at radius 3 is 2.76 bits per heavy atom. The lowest BCUT2D eigenvalue weighted by Crippen LogP contribution is -2.08. The fourth-order valence-corrected chi connectivity index (χ4v) is 1.96. The van der Waals surface area contributed by atoms with Crippen LogP contribution < -0.4 is 10.6 Å². The highest BCUT2D eigenvalue weighted by Crippen LogP contribution is 2.23. The van der Waals surface area contributed by atoms with Crippen molar-refractivity contribution in [1.29, 1.82) is 0 Å². The molecule has 0 aliphatic rings.